The zero-order valence-electron chi connectivity index (χ0n) is 24.9. The zero-order chi connectivity index (χ0) is 34.4. The summed E-state index contributed by atoms with van der Waals surface area (Å²) in [7, 11) is 1.34. The maximum absolute atomic E-state index is 14.5. The predicted molar refractivity (Wildman–Crippen MR) is 169 cm³/mol. The molecule has 3 aromatic rings. The number of aromatic hydroxyl groups is 2. The van der Waals surface area contributed by atoms with E-state index in [1.165, 1.54) is 43.5 Å². The van der Waals surface area contributed by atoms with E-state index in [4.69, 9.17) is 27.9 Å². The van der Waals surface area contributed by atoms with Gasteiger partial charge in [0.2, 0.25) is 11.8 Å². The van der Waals surface area contributed by atoms with Crippen molar-refractivity contribution in [1.29, 1.82) is 0 Å². The Hall–Kier alpha value is -4.94. The van der Waals surface area contributed by atoms with Gasteiger partial charge in [-0.2, -0.15) is 0 Å². The van der Waals surface area contributed by atoms with Crippen LogP contribution >= 0.6 is 23.2 Å². The topological polar surface area (TPSA) is 162 Å². The number of allylic oxidation sites excluding steroid dienone is 2. The van der Waals surface area contributed by atoms with Crippen molar-refractivity contribution in [2.45, 2.75) is 28.5 Å². The molecule has 2 aliphatic carbocycles. The maximum atomic E-state index is 14.5. The molecular weight excluding hydrogens is 670 g/mol. The molecule has 48 heavy (non-hydrogen) atoms. The third-order valence-electron chi connectivity index (χ3n) is 9.92. The number of rotatable bonds is 5. The van der Waals surface area contributed by atoms with Crippen LogP contribution < -0.4 is 14.5 Å². The standard InChI is InChI=1S/C34H25Cl2FN2O9/c1-48-24-4-2-3-22(40)26(24)27-18-11-12-20-25(29(43)38(28(20)42)17-9-10-19(30(44)45)23(41)13-17)21(18)14-33(35)31(46)39(32(47)34(27,33)36)16-7-5-15(37)6-8-16/h2-11,13,20-21,25,27,40-41H,12,14H2,1H3,(H,44,45). The van der Waals surface area contributed by atoms with Gasteiger partial charge in [-0.15, -0.1) is 23.2 Å². The quantitative estimate of drug-likeness (QED) is 0.195. The van der Waals surface area contributed by atoms with Crippen LogP contribution in [0.3, 0.4) is 0 Å². The molecule has 3 fully saturated rings. The van der Waals surface area contributed by atoms with E-state index in [-0.39, 0.29) is 41.3 Å². The number of phenolic OH excluding ortho intramolecular Hbond substituents is 1. The molecule has 3 N–H and O–H groups in total. The minimum Gasteiger partial charge on any atom is -0.508 e. The average Bonchev–Trinajstić information content (AvgIpc) is 3.39. The molecule has 4 aliphatic rings. The van der Waals surface area contributed by atoms with Gasteiger partial charge < -0.3 is 20.1 Å². The van der Waals surface area contributed by atoms with Crippen LogP contribution in [-0.4, -0.2) is 61.8 Å². The molecule has 0 bridgehead atoms. The highest BCUT2D eigenvalue weighted by Crippen LogP contribution is 2.67. The van der Waals surface area contributed by atoms with Crippen LogP contribution in [0.15, 0.2) is 72.3 Å². The summed E-state index contributed by atoms with van der Waals surface area (Å²) in [6, 6.07) is 12.3. The molecule has 6 unspecified atom stereocenters. The molecule has 246 valence electrons. The number of carboxylic acids is 1. The minimum atomic E-state index is -2.29. The second-order valence-electron chi connectivity index (χ2n) is 12.2. The van der Waals surface area contributed by atoms with E-state index in [9.17, 15) is 43.7 Å². The molecule has 4 amide bonds. The lowest BCUT2D eigenvalue weighted by Crippen LogP contribution is -2.60. The number of anilines is 2. The second kappa shape index (κ2) is 10.8. The predicted octanol–water partition coefficient (Wildman–Crippen LogP) is 4.71. The Kier molecular flexibility index (Phi) is 7.12. The maximum Gasteiger partial charge on any atom is 0.339 e. The first-order chi connectivity index (χ1) is 22.8. The lowest BCUT2D eigenvalue weighted by atomic mass is 9.56. The smallest absolute Gasteiger partial charge is 0.339 e. The minimum absolute atomic E-state index is 0.00147. The number of carboxylic acid groups (broad SMARTS) is 1. The van der Waals surface area contributed by atoms with Crippen LogP contribution in [0.4, 0.5) is 15.8 Å². The van der Waals surface area contributed by atoms with E-state index in [1.807, 2.05) is 0 Å². The van der Waals surface area contributed by atoms with Crippen LogP contribution in [0.2, 0.25) is 0 Å². The fraction of sp³-hybridized carbons (Fsp3) is 0.265. The van der Waals surface area contributed by atoms with E-state index < -0.39 is 80.1 Å². The summed E-state index contributed by atoms with van der Waals surface area (Å²) in [6.45, 7) is 0. The van der Waals surface area contributed by atoms with Gasteiger partial charge in [-0.1, -0.05) is 17.7 Å². The van der Waals surface area contributed by atoms with Crippen molar-refractivity contribution in [3.05, 3.63) is 89.3 Å². The number of phenols is 2. The molecule has 14 heteroatoms. The Balaban J connectivity index is 1.40. The van der Waals surface area contributed by atoms with E-state index in [0.717, 1.165) is 34.1 Å². The first kappa shape index (κ1) is 31.6. The number of ether oxygens (including phenoxy) is 1. The van der Waals surface area contributed by atoms with Crippen LogP contribution in [-0.2, 0) is 19.2 Å². The fourth-order valence-electron chi connectivity index (χ4n) is 7.81. The number of hydrogen-bond acceptors (Lipinski definition) is 8. The van der Waals surface area contributed by atoms with E-state index in [0.29, 0.717) is 5.57 Å². The molecule has 2 heterocycles. The number of carbonyl (C=O) groups excluding carboxylic acids is 4. The van der Waals surface area contributed by atoms with E-state index in [2.05, 4.69) is 0 Å². The van der Waals surface area contributed by atoms with Gasteiger partial charge >= 0.3 is 5.97 Å². The molecule has 0 aromatic heterocycles. The number of hydrogen-bond donors (Lipinski definition) is 3. The lowest BCUT2D eigenvalue weighted by molar-refractivity contribution is -0.125. The summed E-state index contributed by atoms with van der Waals surface area (Å²) in [4.78, 5) is 65.4. The summed E-state index contributed by atoms with van der Waals surface area (Å²) in [5.41, 5.74) is -0.0545. The van der Waals surface area contributed by atoms with E-state index >= 15 is 0 Å². The van der Waals surface area contributed by atoms with Crippen LogP contribution in [0.1, 0.15) is 34.7 Å². The Morgan fingerprint density at radius 3 is 2.23 bits per heavy atom. The summed E-state index contributed by atoms with van der Waals surface area (Å²) < 4.78 is 19.4. The molecule has 7 rings (SSSR count). The number of benzene rings is 3. The Bertz CT molecular complexity index is 2000. The molecule has 11 nitrogen and oxygen atoms in total. The summed E-state index contributed by atoms with van der Waals surface area (Å²) in [5.74, 6) is -10.4. The van der Waals surface area contributed by atoms with Crippen molar-refractivity contribution in [3.8, 4) is 17.2 Å². The Labute approximate surface area is 281 Å². The number of methoxy groups -OCH3 is 1. The number of amides is 4. The van der Waals surface area contributed by atoms with Crippen molar-refractivity contribution < 1.29 is 48.4 Å². The first-order valence-electron chi connectivity index (χ1n) is 14.8. The van der Waals surface area contributed by atoms with Crippen molar-refractivity contribution in [3.63, 3.8) is 0 Å². The van der Waals surface area contributed by atoms with Crippen LogP contribution in [0, 0.1) is 23.6 Å². The van der Waals surface area contributed by atoms with Gasteiger partial charge in [0, 0.05) is 17.5 Å². The largest absolute Gasteiger partial charge is 0.508 e. The Morgan fingerprint density at radius 1 is 0.896 bits per heavy atom. The molecule has 2 aliphatic heterocycles. The Morgan fingerprint density at radius 2 is 1.58 bits per heavy atom. The number of fused-ring (bicyclic) bond motifs is 4. The van der Waals surface area contributed by atoms with Gasteiger partial charge in [0.15, 0.2) is 9.75 Å². The van der Waals surface area contributed by atoms with Crippen LogP contribution in [0.5, 0.6) is 17.2 Å². The number of imide groups is 2. The molecule has 2 saturated heterocycles. The second-order valence-corrected chi connectivity index (χ2v) is 13.4. The first-order valence-corrected chi connectivity index (χ1v) is 15.5. The fourth-order valence-corrected chi connectivity index (χ4v) is 8.73. The van der Waals surface area contributed by atoms with Gasteiger partial charge in [-0.3, -0.25) is 19.2 Å². The molecule has 0 spiro atoms. The molecule has 1 saturated carbocycles. The number of aromatic carboxylic acids is 1. The zero-order valence-corrected chi connectivity index (χ0v) is 26.4. The molecule has 3 aromatic carbocycles. The normalized spacial score (nSPS) is 29.4. The highest BCUT2D eigenvalue weighted by molar-refractivity contribution is 6.58. The van der Waals surface area contributed by atoms with Crippen molar-refractivity contribution in [2.75, 3.05) is 16.9 Å². The third kappa shape index (κ3) is 4.08. The van der Waals surface area contributed by atoms with Crippen molar-refractivity contribution >= 4 is 64.2 Å². The van der Waals surface area contributed by atoms with Gasteiger partial charge in [0.05, 0.1) is 30.3 Å². The summed E-state index contributed by atoms with van der Waals surface area (Å²) in [6.07, 6.45) is 1.31. The monoisotopic (exact) mass is 694 g/mol. The van der Waals surface area contributed by atoms with Crippen molar-refractivity contribution in [2.24, 2.45) is 17.8 Å². The summed E-state index contributed by atoms with van der Waals surface area (Å²) >= 11 is 14.7. The summed E-state index contributed by atoms with van der Waals surface area (Å²) in [5, 5.41) is 30.9. The van der Waals surface area contributed by atoms with Crippen LogP contribution in [0.25, 0.3) is 0 Å². The van der Waals surface area contributed by atoms with E-state index in [1.54, 1.807) is 6.08 Å². The van der Waals surface area contributed by atoms with Gasteiger partial charge in [0.1, 0.15) is 28.6 Å². The lowest BCUT2D eigenvalue weighted by Gasteiger charge is -2.50. The molecule has 6 atom stereocenters. The highest BCUT2D eigenvalue weighted by atomic mass is 35.5. The number of nitrogens with zero attached hydrogens (tertiary/aromatic N) is 2. The number of carbonyl (C=O) groups is 5. The average molecular weight is 695 g/mol. The molecular formula is C34H25Cl2FN2O9. The number of alkyl halides is 2. The SMILES string of the molecule is COc1cccc(O)c1C1C2=CCC3C(=O)N(c4ccc(C(=O)O)c(O)c4)C(=O)C3C2CC2(Cl)C(=O)N(c3ccc(F)cc3)C(=O)C12Cl. The highest BCUT2D eigenvalue weighted by Gasteiger charge is 2.77. The van der Waals surface area contributed by atoms with Gasteiger partial charge in [0.25, 0.3) is 11.8 Å². The van der Waals surface area contributed by atoms with Gasteiger partial charge in [-0.25, -0.2) is 19.0 Å². The number of halogens is 3. The van der Waals surface area contributed by atoms with Gasteiger partial charge in [-0.05, 0) is 67.3 Å². The van der Waals surface area contributed by atoms with Crippen molar-refractivity contribution in [1.82, 2.24) is 0 Å². The third-order valence-corrected chi connectivity index (χ3v) is 11.3. The molecule has 0 radical (unpaired) electrons.